The largest absolute Gasteiger partial charge is 0.410 e. The summed E-state index contributed by atoms with van der Waals surface area (Å²) in [6.07, 6.45) is -3.92. The van der Waals surface area contributed by atoms with Gasteiger partial charge in [0.2, 0.25) is 0 Å². The monoisotopic (exact) mass is 246 g/mol. The molecular formula is C15H9F3. The van der Waals surface area contributed by atoms with Gasteiger partial charge in [-0.05, 0) is 27.8 Å². The van der Waals surface area contributed by atoms with Crippen LogP contribution in [0.1, 0.15) is 11.1 Å². The smallest absolute Gasteiger partial charge is 0.167 e. The van der Waals surface area contributed by atoms with Crippen molar-refractivity contribution in [3.8, 4) is 11.1 Å². The standard InChI is InChI=1S/C15H9F3/c16-15(17,18)9-14-12-7-3-1-5-10(12)11-6-2-4-8-13(11)14/h1-9H. The summed E-state index contributed by atoms with van der Waals surface area (Å²) >= 11 is 0. The highest BCUT2D eigenvalue weighted by Gasteiger charge is 2.30. The number of hydrogen-bond acceptors (Lipinski definition) is 0. The van der Waals surface area contributed by atoms with Crippen LogP contribution in [0.3, 0.4) is 0 Å². The second-order valence-corrected chi connectivity index (χ2v) is 4.19. The summed E-state index contributed by atoms with van der Waals surface area (Å²) < 4.78 is 37.9. The summed E-state index contributed by atoms with van der Waals surface area (Å²) in [6.45, 7) is 0. The number of benzene rings is 2. The first kappa shape index (κ1) is 11.1. The molecular weight excluding hydrogens is 237 g/mol. The number of fused-ring (bicyclic) bond motifs is 3. The van der Waals surface area contributed by atoms with Crippen molar-refractivity contribution in [1.29, 1.82) is 0 Å². The average molecular weight is 246 g/mol. The highest BCUT2D eigenvalue weighted by molar-refractivity contribution is 6.01. The van der Waals surface area contributed by atoms with Crippen molar-refractivity contribution in [2.45, 2.75) is 6.18 Å². The summed E-state index contributed by atoms with van der Waals surface area (Å²) in [5, 5.41) is 0. The molecule has 0 N–H and O–H groups in total. The van der Waals surface area contributed by atoms with Crippen molar-refractivity contribution in [2.24, 2.45) is 0 Å². The quantitative estimate of drug-likeness (QED) is 0.541. The molecule has 0 nitrogen and oxygen atoms in total. The van der Waals surface area contributed by atoms with Gasteiger partial charge in [0.25, 0.3) is 0 Å². The Kier molecular flexibility index (Phi) is 2.30. The molecule has 90 valence electrons. The fourth-order valence-electron chi connectivity index (χ4n) is 2.37. The maximum absolute atomic E-state index is 12.6. The maximum Gasteiger partial charge on any atom is 0.410 e. The summed E-state index contributed by atoms with van der Waals surface area (Å²) in [4.78, 5) is 0. The normalized spacial score (nSPS) is 13.2. The molecule has 2 aromatic carbocycles. The SMILES string of the molecule is FC(F)(F)C=C1c2ccccc2-c2ccccc21. The van der Waals surface area contributed by atoms with Crippen LogP contribution < -0.4 is 0 Å². The lowest BCUT2D eigenvalue weighted by Gasteiger charge is -2.05. The first-order chi connectivity index (χ1) is 8.56. The Morgan fingerprint density at radius 3 is 1.44 bits per heavy atom. The van der Waals surface area contributed by atoms with Gasteiger partial charge >= 0.3 is 6.18 Å². The average Bonchev–Trinajstić information content (AvgIpc) is 2.64. The molecule has 0 aliphatic heterocycles. The molecule has 0 atom stereocenters. The fraction of sp³-hybridized carbons (Fsp3) is 0.0667. The van der Waals surface area contributed by atoms with E-state index in [0.29, 0.717) is 17.2 Å². The predicted octanol–water partition coefficient (Wildman–Crippen LogP) is 4.66. The second-order valence-electron chi connectivity index (χ2n) is 4.19. The van der Waals surface area contributed by atoms with E-state index < -0.39 is 6.18 Å². The molecule has 3 heteroatoms. The van der Waals surface area contributed by atoms with Crippen LogP contribution >= 0.6 is 0 Å². The van der Waals surface area contributed by atoms with Gasteiger partial charge in [-0.25, -0.2) is 0 Å². The molecule has 1 aliphatic carbocycles. The number of hydrogen-bond donors (Lipinski definition) is 0. The van der Waals surface area contributed by atoms with Crippen molar-refractivity contribution >= 4 is 5.57 Å². The first-order valence-electron chi connectivity index (χ1n) is 5.55. The summed E-state index contributed by atoms with van der Waals surface area (Å²) in [7, 11) is 0. The van der Waals surface area contributed by atoms with Crippen LogP contribution in [0.4, 0.5) is 13.2 Å². The molecule has 0 spiro atoms. The minimum absolute atomic E-state index is 0.258. The zero-order valence-corrected chi connectivity index (χ0v) is 9.33. The molecule has 0 saturated carbocycles. The second kappa shape index (κ2) is 3.73. The van der Waals surface area contributed by atoms with E-state index in [4.69, 9.17) is 0 Å². The highest BCUT2D eigenvalue weighted by atomic mass is 19.4. The highest BCUT2D eigenvalue weighted by Crippen LogP contribution is 2.45. The Morgan fingerprint density at radius 1 is 0.667 bits per heavy atom. The Bertz CT molecular complexity index is 589. The molecule has 0 unspecified atom stereocenters. The molecule has 0 heterocycles. The molecule has 3 rings (SSSR count). The molecule has 0 radical (unpaired) electrons. The Labute approximate surface area is 102 Å². The van der Waals surface area contributed by atoms with E-state index in [0.717, 1.165) is 11.1 Å². The van der Waals surface area contributed by atoms with Crippen molar-refractivity contribution < 1.29 is 13.2 Å². The molecule has 0 saturated heterocycles. The lowest BCUT2D eigenvalue weighted by atomic mass is 10.0. The summed E-state index contributed by atoms with van der Waals surface area (Å²) in [5.74, 6) is 0. The van der Waals surface area contributed by atoms with Gasteiger partial charge in [0.15, 0.2) is 0 Å². The van der Waals surface area contributed by atoms with E-state index in [1.807, 2.05) is 24.3 Å². The summed E-state index contributed by atoms with van der Waals surface area (Å²) in [5.41, 5.74) is 3.29. The molecule has 1 aliphatic rings. The molecule has 0 amide bonds. The van der Waals surface area contributed by atoms with Gasteiger partial charge in [0, 0.05) is 6.08 Å². The van der Waals surface area contributed by atoms with E-state index in [-0.39, 0.29) is 5.57 Å². The van der Waals surface area contributed by atoms with Crippen LogP contribution in [0, 0.1) is 0 Å². The topological polar surface area (TPSA) is 0 Å². The summed E-state index contributed by atoms with van der Waals surface area (Å²) in [6, 6.07) is 14.4. The van der Waals surface area contributed by atoms with Crippen molar-refractivity contribution in [3.63, 3.8) is 0 Å². The Balaban J connectivity index is 2.31. The number of allylic oxidation sites excluding steroid dienone is 1. The zero-order valence-electron chi connectivity index (χ0n) is 9.33. The van der Waals surface area contributed by atoms with E-state index in [1.54, 1.807) is 24.3 Å². The van der Waals surface area contributed by atoms with Crippen LogP contribution in [0.15, 0.2) is 54.6 Å². The number of alkyl halides is 3. The van der Waals surface area contributed by atoms with E-state index in [1.165, 1.54) is 0 Å². The van der Waals surface area contributed by atoms with Crippen LogP contribution in [0.25, 0.3) is 16.7 Å². The third-order valence-electron chi connectivity index (χ3n) is 3.03. The van der Waals surface area contributed by atoms with Crippen molar-refractivity contribution in [1.82, 2.24) is 0 Å². The van der Waals surface area contributed by atoms with Crippen molar-refractivity contribution in [3.05, 3.63) is 65.7 Å². The zero-order chi connectivity index (χ0) is 12.8. The predicted molar refractivity (Wildman–Crippen MR) is 65.0 cm³/mol. The number of halogens is 3. The minimum Gasteiger partial charge on any atom is -0.167 e. The number of rotatable bonds is 0. The maximum atomic E-state index is 12.6. The Morgan fingerprint density at radius 2 is 1.06 bits per heavy atom. The molecule has 0 fully saturated rings. The third kappa shape index (κ3) is 1.72. The van der Waals surface area contributed by atoms with Gasteiger partial charge in [-0.15, -0.1) is 0 Å². The fourth-order valence-corrected chi connectivity index (χ4v) is 2.37. The van der Waals surface area contributed by atoms with Gasteiger partial charge in [0.05, 0.1) is 0 Å². The molecule has 0 bridgehead atoms. The lowest BCUT2D eigenvalue weighted by molar-refractivity contribution is -0.0793. The van der Waals surface area contributed by atoms with Gasteiger partial charge < -0.3 is 0 Å². The minimum atomic E-state index is -4.31. The molecule has 2 aromatic rings. The van der Waals surface area contributed by atoms with E-state index >= 15 is 0 Å². The van der Waals surface area contributed by atoms with Crippen molar-refractivity contribution in [2.75, 3.05) is 0 Å². The van der Waals surface area contributed by atoms with Gasteiger partial charge in [-0.1, -0.05) is 48.5 Å². The third-order valence-corrected chi connectivity index (χ3v) is 3.03. The Hall–Kier alpha value is -2.03. The van der Waals surface area contributed by atoms with Gasteiger partial charge in [0.1, 0.15) is 0 Å². The van der Waals surface area contributed by atoms with E-state index in [9.17, 15) is 13.2 Å². The first-order valence-corrected chi connectivity index (χ1v) is 5.55. The lowest BCUT2D eigenvalue weighted by Crippen LogP contribution is -2.02. The van der Waals surface area contributed by atoms with Gasteiger partial charge in [-0.3, -0.25) is 0 Å². The van der Waals surface area contributed by atoms with Crippen LogP contribution in [0.2, 0.25) is 0 Å². The van der Waals surface area contributed by atoms with Gasteiger partial charge in [-0.2, -0.15) is 13.2 Å². The van der Waals surface area contributed by atoms with Crippen LogP contribution in [-0.4, -0.2) is 6.18 Å². The van der Waals surface area contributed by atoms with E-state index in [2.05, 4.69) is 0 Å². The molecule has 18 heavy (non-hydrogen) atoms. The van der Waals surface area contributed by atoms with Crippen LogP contribution in [-0.2, 0) is 0 Å². The van der Waals surface area contributed by atoms with Crippen LogP contribution in [0.5, 0.6) is 0 Å². The molecule has 0 aromatic heterocycles.